The number of benzene rings is 3. The summed E-state index contributed by atoms with van der Waals surface area (Å²) < 4.78 is 31.7. The van der Waals surface area contributed by atoms with E-state index in [1.54, 1.807) is 30.1 Å². The number of carboxylic acids is 1. The highest BCUT2D eigenvalue weighted by Crippen LogP contribution is 2.33. The summed E-state index contributed by atoms with van der Waals surface area (Å²) >= 11 is 0. The molecule has 8 nitrogen and oxygen atoms in total. The first-order valence-electron chi connectivity index (χ1n) is 13.3. The van der Waals surface area contributed by atoms with Crippen molar-refractivity contribution in [1.29, 1.82) is 0 Å². The second-order valence-electron chi connectivity index (χ2n) is 10.1. The quantitative estimate of drug-likeness (QED) is 0.241. The van der Waals surface area contributed by atoms with Gasteiger partial charge < -0.3 is 15.7 Å². The first kappa shape index (κ1) is 29.4. The summed E-state index contributed by atoms with van der Waals surface area (Å²) in [7, 11) is 1.73. The number of fused-ring (bicyclic) bond motifs is 1. The number of nitrogens with zero attached hydrogens (tertiary/aromatic N) is 2. The molecule has 0 aliphatic carbocycles. The van der Waals surface area contributed by atoms with Gasteiger partial charge in [0.2, 0.25) is 5.91 Å². The zero-order chi connectivity index (χ0) is 29.8. The van der Waals surface area contributed by atoms with Crippen LogP contribution in [0, 0.1) is 25.5 Å². The fourth-order valence-electron chi connectivity index (χ4n) is 5.11. The van der Waals surface area contributed by atoms with E-state index < -0.39 is 47.9 Å². The number of rotatable bonds is 10. The van der Waals surface area contributed by atoms with E-state index in [9.17, 15) is 23.9 Å². The topological polar surface area (TPSA) is 113 Å². The van der Waals surface area contributed by atoms with Gasteiger partial charge in [0.15, 0.2) is 11.6 Å². The van der Waals surface area contributed by atoms with Gasteiger partial charge in [0.05, 0.1) is 18.0 Å². The van der Waals surface area contributed by atoms with Gasteiger partial charge in [0, 0.05) is 24.2 Å². The number of halogens is 2. The molecule has 1 heterocycles. The van der Waals surface area contributed by atoms with Crippen molar-refractivity contribution in [2.75, 3.05) is 0 Å². The molecule has 214 valence electrons. The van der Waals surface area contributed by atoms with Crippen LogP contribution < -0.4 is 10.6 Å². The van der Waals surface area contributed by atoms with Crippen LogP contribution in [0.15, 0.2) is 54.7 Å². The molecule has 2 amide bonds. The molecule has 0 fully saturated rings. The van der Waals surface area contributed by atoms with Crippen LogP contribution in [0.5, 0.6) is 0 Å². The highest BCUT2D eigenvalue weighted by molar-refractivity contribution is 6.06. The molecule has 0 radical (unpaired) electrons. The molecule has 0 spiro atoms. The number of nitrogens with one attached hydrogen (secondary N) is 2. The molecule has 2 atom stereocenters. The Kier molecular flexibility index (Phi) is 8.80. The lowest BCUT2D eigenvalue weighted by Crippen LogP contribution is -2.48. The summed E-state index contributed by atoms with van der Waals surface area (Å²) in [6.45, 7) is 5.50. The Morgan fingerprint density at radius 3 is 2.37 bits per heavy atom. The van der Waals surface area contributed by atoms with Crippen molar-refractivity contribution in [3.05, 3.63) is 88.6 Å². The summed E-state index contributed by atoms with van der Waals surface area (Å²) in [5.41, 5.74) is 3.15. The Morgan fingerprint density at radius 1 is 1.02 bits per heavy atom. The zero-order valence-corrected chi connectivity index (χ0v) is 23.3. The lowest BCUT2D eigenvalue weighted by molar-refractivity contribution is -0.137. The highest BCUT2D eigenvalue weighted by Gasteiger charge is 2.29. The average Bonchev–Trinajstić information content (AvgIpc) is 3.29. The number of aryl methyl sites for hydroxylation is 3. The Morgan fingerprint density at radius 2 is 1.71 bits per heavy atom. The first-order chi connectivity index (χ1) is 19.5. The molecule has 3 aromatic carbocycles. The van der Waals surface area contributed by atoms with Gasteiger partial charge in [0.1, 0.15) is 11.6 Å². The van der Waals surface area contributed by atoms with Gasteiger partial charge >= 0.3 is 5.97 Å². The monoisotopic (exact) mass is 562 g/mol. The molecule has 0 saturated heterocycles. The normalized spacial score (nSPS) is 12.6. The molecule has 1 aromatic heterocycles. The van der Waals surface area contributed by atoms with Crippen molar-refractivity contribution in [3.63, 3.8) is 0 Å². The molecule has 0 unspecified atom stereocenters. The highest BCUT2D eigenvalue weighted by atomic mass is 19.2. The van der Waals surface area contributed by atoms with Gasteiger partial charge in [0.25, 0.3) is 5.91 Å². The predicted molar refractivity (Wildman–Crippen MR) is 151 cm³/mol. The lowest BCUT2D eigenvalue weighted by atomic mass is 9.92. The van der Waals surface area contributed by atoms with Crippen molar-refractivity contribution < 1.29 is 28.3 Å². The number of hydrogen-bond acceptors (Lipinski definition) is 4. The van der Waals surface area contributed by atoms with Gasteiger partial charge in [-0.3, -0.25) is 19.1 Å². The maximum Gasteiger partial charge on any atom is 0.305 e. The molecule has 10 heteroatoms. The molecule has 0 bridgehead atoms. The van der Waals surface area contributed by atoms with Crippen molar-refractivity contribution in [3.8, 4) is 11.1 Å². The summed E-state index contributed by atoms with van der Waals surface area (Å²) in [5, 5.41) is 19.9. The molecule has 4 rings (SSSR count). The van der Waals surface area contributed by atoms with E-state index in [0.29, 0.717) is 23.1 Å². The third-order valence-electron chi connectivity index (χ3n) is 6.99. The number of carbonyl (C=O) groups is 3. The minimum atomic E-state index is -1.39. The summed E-state index contributed by atoms with van der Waals surface area (Å²) in [5.74, 6) is -4.97. The Labute approximate surface area is 236 Å². The molecule has 0 saturated carbocycles. The van der Waals surface area contributed by atoms with Gasteiger partial charge in [-0.15, -0.1) is 0 Å². The number of hydrogen-bond donors (Lipinski definition) is 3. The molecule has 41 heavy (non-hydrogen) atoms. The van der Waals surface area contributed by atoms with E-state index >= 15 is 4.39 Å². The van der Waals surface area contributed by atoms with Crippen molar-refractivity contribution in [1.82, 2.24) is 20.4 Å². The number of aromatic nitrogens is 2. The van der Waals surface area contributed by atoms with Crippen LogP contribution in [-0.4, -0.2) is 38.7 Å². The molecule has 4 aromatic rings. The van der Waals surface area contributed by atoms with Crippen LogP contribution in [0.25, 0.3) is 22.0 Å². The van der Waals surface area contributed by atoms with Crippen LogP contribution >= 0.6 is 0 Å². The molecule has 0 aliphatic rings. The van der Waals surface area contributed by atoms with Gasteiger partial charge in [-0.25, -0.2) is 8.78 Å². The van der Waals surface area contributed by atoms with Gasteiger partial charge in [-0.1, -0.05) is 43.7 Å². The van der Waals surface area contributed by atoms with E-state index in [1.165, 1.54) is 6.07 Å². The van der Waals surface area contributed by atoms with Gasteiger partial charge in [-0.05, 0) is 60.7 Å². The van der Waals surface area contributed by atoms with Crippen molar-refractivity contribution >= 4 is 28.7 Å². The standard InChI is InChI=1S/C31H32F2N4O4/c1-5-8-24(34-30(40)21-12-7-11-19-16-37(4)36-29(19)21)31(41)35-25(15-26(38)39)22-13-20(14-23(32)28(22)33)27-17(2)9-6-10-18(27)3/h6-7,9-14,16,24-25H,5,8,15H2,1-4H3,(H,34,40)(H,35,41)(H,38,39)/t24-,25-/m0/s1. The number of carbonyl (C=O) groups excluding carboxylic acids is 2. The van der Waals surface area contributed by atoms with E-state index in [4.69, 9.17) is 0 Å². The van der Waals surface area contributed by atoms with Gasteiger partial charge in [-0.2, -0.15) is 5.10 Å². The number of carboxylic acid groups (broad SMARTS) is 1. The van der Waals surface area contributed by atoms with Crippen molar-refractivity contribution in [2.24, 2.45) is 7.05 Å². The lowest BCUT2D eigenvalue weighted by Gasteiger charge is -2.24. The van der Waals surface area contributed by atoms with Crippen LogP contribution in [0.2, 0.25) is 0 Å². The molecule has 3 N–H and O–H groups in total. The predicted octanol–water partition coefficient (Wildman–Crippen LogP) is 5.37. The minimum absolute atomic E-state index is 0.231. The van der Waals surface area contributed by atoms with E-state index in [1.807, 2.05) is 45.0 Å². The average molecular weight is 563 g/mol. The maximum absolute atomic E-state index is 15.2. The number of aliphatic carboxylic acids is 1. The Balaban J connectivity index is 1.66. The van der Waals surface area contributed by atoms with E-state index in [2.05, 4.69) is 15.7 Å². The fraction of sp³-hybridized carbons (Fsp3) is 0.290. The van der Waals surface area contributed by atoms with Crippen LogP contribution in [0.4, 0.5) is 8.78 Å². The third kappa shape index (κ3) is 6.42. The minimum Gasteiger partial charge on any atom is -0.481 e. The van der Waals surface area contributed by atoms with E-state index in [-0.39, 0.29) is 17.5 Å². The summed E-state index contributed by atoms with van der Waals surface area (Å²) in [4.78, 5) is 38.4. The Bertz CT molecular complexity index is 1610. The maximum atomic E-state index is 15.2. The molecule has 0 aliphatic heterocycles. The molecular formula is C31H32F2N4O4. The van der Waals surface area contributed by atoms with Crippen LogP contribution in [0.3, 0.4) is 0 Å². The summed E-state index contributed by atoms with van der Waals surface area (Å²) in [6.07, 6.45) is 1.81. The van der Waals surface area contributed by atoms with Crippen LogP contribution in [0.1, 0.15) is 59.3 Å². The SMILES string of the molecule is CCC[C@H](NC(=O)c1cccc2cn(C)nc12)C(=O)N[C@@H](CC(=O)O)c1cc(-c2c(C)cccc2C)cc(F)c1F. The Hall–Kier alpha value is -4.60. The summed E-state index contributed by atoms with van der Waals surface area (Å²) in [6, 6.07) is 10.6. The number of amides is 2. The zero-order valence-electron chi connectivity index (χ0n) is 23.3. The smallest absolute Gasteiger partial charge is 0.305 e. The fourth-order valence-corrected chi connectivity index (χ4v) is 5.11. The third-order valence-corrected chi connectivity index (χ3v) is 6.99. The second kappa shape index (κ2) is 12.3. The van der Waals surface area contributed by atoms with Crippen molar-refractivity contribution in [2.45, 2.75) is 52.1 Å². The molecular weight excluding hydrogens is 530 g/mol. The van der Waals surface area contributed by atoms with E-state index in [0.717, 1.165) is 22.6 Å². The largest absolute Gasteiger partial charge is 0.481 e. The first-order valence-corrected chi connectivity index (χ1v) is 13.3. The van der Waals surface area contributed by atoms with Crippen LogP contribution in [-0.2, 0) is 16.6 Å². The second-order valence-corrected chi connectivity index (χ2v) is 10.1.